The fourth-order valence-corrected chi connectivity index (χ4v) is 7.06. The monoisotopic (exact) mass is 863 g/mol. The van der Waals surface area contributed by atoms with Crippen LogP contribution in [0.15, 0.2) is 146 Å². The van der Waals surface area contributed by atoms with Crippen LogP contribution in [0.1, 0.15) is 33.4 Å². The van der Waals surface area contributed by atoms with Crippen molar-refractivity contribution >= 4 is 35.8 Å². The van der Waals surface area contributed by atoms with E-state index in [1.807, 2.05) is 114 Å². The van der Waals surface area contributed by atoms with Crippen molar-refractivity contribution in [2.24, 2.45) is 0 Å². The molecule has 0 fully saturated rings. The van der Waals surface area contributed by atoms with E-state index in [0.29, 0.717) is 34.5 Å². The molecule has 289 valence electrons. The van der Waals surface area contributed by atoms with Gasteiger partial charge in [-0.05, 0) is 114 Å². The second-order valence-corrected chi connectivity index (χ2v) is 17.3. The predicted molar refractivity (Wildman–Crippen MR) is 220 cm³/mol. The molecule has 0 heterocycles. The van der Waals surface area contributed by atoms with Crippen molar-refractivity contribution in [3.05, 3.63) is 179 Å². The molecule has 0 aliphatic rings. The fourth-order valence-electron chi connectivity index (χ4n) is 4.51. The zero-order chi connectivity index (χ0) is 39.8. The van der Waals surface area contributed by atoms with Crippen LogP contribution in [0, 0.1) is 41.5 Å². The number of rotatable bonds is 12. The summed E-state index contributed by atoms with van der Waals surface area (Å²) in [5, 5.41) is 0. The van der Waals surface area contributed by atoms with Gasteiger partial charge in [-0.1, -0.05) is 106 Å². The third-order valence-electron chi connectivity index (χ3n) is 7.45. The Labute approximate surface area is 338 Å². The van der Waals surface area contributed by atoms with E-state index >= 15 is 0 Å². The molecule has 0 aliphatic heterocycles. The number of hydrogen-bond donors (Lipinski definition) is 0. The van der Waals surface area contributed by atoms with Gasteiger partial charge in [-0.3, -0.25) is 0 Å². The molecular formula is C42H44Cl2MnO8P2+2. The predicted octanol–water partition coefficient (Wildman–Crippen LogP) is 13.8. The van der Waals surface area contributed by atoms with E-state index < -0.39 is 15.6 Å². The fraction of sp³-hybridized carbons (Fsp3) is 0.143. The van der Waals surface area contributed by atoms with E-state index in [1.165, 1.54) is 0 Å². The standard InChI is InChI=1S/2C21H21O4P.2ClH.Mn/c2*1-16-4-10-19(11-5-16)23-26(22,24-20-12-6-17(2)7-13-20)25-21-14-8-18(3)9-15-21;;;/h2*4-15H,1-3H3;2*1H;/q;;;;+2. The molecule has 0 aromatic heterocycles. The van der Waals surface area contributed by atoms with E-state index in [0.717, 1.165) is 33.4 Å². The normalized spacial score (nSPS) is 10.8. The zero-order valence-corrected chi connectivity index (χ0v) is 35.7. The van der Waals surface area contributed by atoms with Gasteiger partial charge in [0.25, 0.3) is 0 Å². The molecule has 0 atom stereocenters. The van der Waals surface area contributed by atoms with Gasteiger partial charge in [0.05, 0.1) is 0 Å². The zero-order valence-electron chi connectivity index (χ0n) is 31.2. The maximum absolute atomic E-state index is 11.0. The van der Waals surface area contributed by atoms with Gasteiger partial charge in [0, 0.05) is 0 Å². The van der Waals surface area contributed by atoms with Gasteiger partial charge in [-0.2, -0.15) is 0 Å². The summed E-state index contributed by atoms with van der Waals surface area (Å²) in [5.74, 6) is 2.86. The van der Waals surface area contributed by atoms with E-state index in [4.69, 9.17) is 47.3 Å². The summed E-state index contributed by atoms with van der Waals surface area (Å²) >= 11 is 0.00694. The average molecular weight is 865 g/mol. The van der Waals surface area contributed by atoms with Gasteiger partial charge in [0.15, 0.2) is 0 Å². The van der Waals surface area contributed by atoms with E-state index in [-0.39, 0.29) is 13.1 Å². The Hall–Kier alpha value is -4.32. The quantitative estimate of drug-likeness (QED) is 0.0690. The summed E-state index contributed by atoms with van der Waals surface area (Å²) < 4.78 is 56.5. The first kappa shape index (κ1) is 43.4. The van der Waals surface area contributed by atoms with Crippen LogP contribution in [0.4, 0.5) is 0 Å². The Balaban J connectivity index is 0.000000228. The van der Waals surface area contributed by atoms with Crippen LogP contribution < -0.4 is 27.1 Å². The van der Waals surface area contributed by atoms with E-state index in [1.54, 1.807) is 72.8 Å². The molecule has 6 aromatic carbocycles. The molecule has 0 spiro atoms. The average Bonchev–Trinajstić information content (AvgIpc) is 3.15. The molecule has 0 bridgehead atoms. The van der Waals surface area contributed by atoms with Gasteiger partial charge >= 0.3 is 49.0 Å². The van der Waals surface area contributed by atoms with Gasteiger partial charge in [0.1, 0.15) is 34.5 Å². The van der Waals surface area contributed by atoms with Crippen molar-refractivity contribution in [3.63, 3.8) is 0 Å². The molecule has 2 N–H and O–H groups in total. The second-order valence-electron chi connectivity index (χ2n) is 12.4. The summed E-state index contributed by atoms with van der Waals surface area (Å²) in [5.41, 5.74) is 6.57. The summed E-state index contributed by atoms with van der Waals surface area (Å²) in [4.78, 5) is 0. The van der Waals surface area contributed by atoms with Crippen LogP contribution in [0.2, 0.25) is 0 Å². The first-order valence-electron chi connectivity index (χ1n) is 16.9. The van der Waals surface area contributed by atoms with Crippen LogP contribution in [0.25, 0.3) is 0 Å². The number of halogens is 2. The van der Waals surface area contributed by atoms with Crippen molar-refractivity contribution in [2.75, 3.05) is 0 Å². The molecule has 0 saturated heterocycles. The van der Waals surface area contributed by atoms with Crippen molar-refractivity contribution in [2.45, 2.75) is 41.5 Å². The molecule has 0 radical (unpaired) electrons. The Morgan fingerprint density at radius 2 is 0.418 bits per heavy atom. The van der Waals surface area contributed by atoms with Crippen molar-refractivity contribution in [1.29, 1.82) is 0 Å². The summed E-state index contributed by atoms with van der Waals surface area (Å²) in [6.45, 7) is 11.9. The van der Waals surface area contributed by atoms with Gasteiger partial charge < -0.3 is 27.1 Å². The number of benzene rings is 6. The third kappa shape index (κ3) is 15.4. The molecule has 55 heavy (non-hydrogen) atoms. The molecule has 13 heteroatoms. The molecule has 0 amide bonds. The molecule has 6 aromatic rings. The Bertz CT molecular complexity index is 1750. The Morgan fingerprint density at radius 3 is 0.527 bits per heavy atom. The Morgan fingerprint density at radius 1 is 0.309 bits per heavy atom. The van der Waals surface area contributed by atoms with Crippen LogP contribution in [-0.2, 0) is 13.1 Å². The molecule has 0 unspecified atom stereocenters. The third-order valence-corrected chi connectivity index (χ3v) is 10.1. The molecule has 6 rings (SSSR count). The minimum atomic E-state index is -3.68. The summed E-state index contributed by atoms with van der Waals surface area (Å²) in [6.07, 6.45) is 0. The topological polar surface area (TPSA) is 98.2 Å². The van der Waals surface area contributed by atoms with Gasteiger partial charge in [-0.25, -0.2) is 9.13 Å². The number of aryl methyl sites for hydroxylation is 6. The van der Waals surface area contributed by atoms with E-state index in [9.17, 15) is 9.13 Å². The SMILES string of the molecule is Cc1ccc(OP(=[OH+])(Oc2ccc(C)cc2)Oc2ccc(C)cc2)cc1.Cc1ccc(OP(=[OH+])(Oc2ccc(C)cc2)Oc2ccc(C)cc2)cc1.[Cl][Mn][Cl]. The van der Waals surface area contributed by atoms with Crippen LogP contribution in [-0.4, -0.2) is 9.13 Å². The number of hydrogen-bond acceptors (Lipinski definition) is 6. The second kappa shape index (κ2) is 21.1. The van der Waals surface area contributed by atoms with Crippen molar-refractivity contribution in [1.82, 2.24) is 0 Å². The van der Waals surface area contributed by atoms with E-state index in [2.05, 4.69) is 0 Å². The molecule has 0 saturated carbocycles. The van der Waals surface area contributed by atoms with Crippen LogP contribution in [0.3, 0.4) is 0 Å². The molecule has 8 nitrogen and oxygen atoms in total. The van der Waals surface area contributed by atoms with Crippen LogP contribution in [0.5, 0.6) is 34.5 Å². The van der Waals surface area contributed by atoms with Crippen molar-refractivity contribution < 1.29 is 49.4 Å². The van der Waals surface area contributed by atoms with Gasteiger partial charge in [-0.15, -0.1) is 0 Å². The van der Waals surface area contributed by atoms with Gasteiger partial charge in [0.2, 0.25) is 0 Å². The summed E-state index contributed by atoms with van der Waals surface area (Å²) in [6, 6.07) is 44.1. The van der Waals surface area contributed by atoms with Crippen LogP contribution >= 0.6 is 35.8 Å². The molecular weight excluding hydrogens is 820 g/mol. The maximum atomic E-state index is 11.0. The first-order valence-corrected chi connectivity index (χ1v) is 23.2. The first-order chi connectivity index (χ1) is 26.2. The summed E-state index contributed by atoms with van der Waals surface area (Å²) in [7, 11) is 2.23. The molecule has 0 aliphatic carbocycles. The van der Waals surface area contributed by atoms with Crippen molar-refractivity contribution in [3.8, 4) is 34.5 Å². The Kier molecular flexibility index (Phi) is 16.7. The minimum absolute atomic E-state index is 0.00694.